The van der Waals surface area contributed by atoms with Gasteiger partial charge in [0.25, 0.3) is 0 Å². The number of nitrogens with one attached hydrogen (secondary N) is 1. The van der Waals surface area contributed by atoms with Crippen LogP contribution in [0.5, 0.6) is 5.75 Å². The van der Waals surface area contributed by atoms with E-state index < -0.39 is 0 Å². The van der Waals surface area contributed by atoms with Gasteiger partial charge in [-0.3, -0.25) is 4.98 Å². The molecule has 0 aliphatic carbocycles. The predicted octanol–water partition coefficient (Wildman–Crippen LogP) is 3.49. The third kappa shape index (κ3) is 3.36. The first kappa shape index (κ1) is 14.5. The SMILES string of the molecule is CCCNC(c1cccc(OC)c1)c1ncccc1C. The van der Waals surface area contributed by atoms with Crippen molar-refractivity contribution in [1.29, 1.82) is 0 Å². The minimum Gasteiger partial charge on any atom is -0.497 e. The van der Waals surface area contributed by atoms with E-state index in [0.29, 0.717) is 0 Å². The van der Waals surface area contributed by atoms with Gasteiger partial charge in [-0.05, 0) is 49.2 Å². The molecule has 0 aliphatic rings. The van der Waals surface area contributed by atoms with Crippen LogP contribution in [0.4, 0.5) is 0 Å². The van der Waals surface area contributed by atoms with Crippen LogP contribution in [0.2, 0.25) is 0 Å². The molecule has 0 saturated carbocycles. The molecule has 1 heterocycles. The average Bonchev–Trinajstić information content (AvgIpc) is 2.49. The highest BCUT2D eigenvalue weighted by Gasteiger charge is 2.17. The second-order valence-corrected chi connectivity index (χ2v) is 4.87. The molecule has 0 saturated heterocycles. The molecule has 2 aromatic rings. The zero-order valence-corrected chi connectivity index (χ0v) is 12.4. The second-order valence-electron chi connectivity index (χ2n) is 4.87. The van der Waals surface area contributed by atoms with Gasteiger partial charge in [-0.25, -0.2) is 0 Å². The summed E-state index contributed by atoms with van der Waals surface area (Å²) < 4.78 is 5.33. The van der Waals surface area contributed by atoms with Gasteiger partial charge in [0.05, 0.1) is 18.8 Å². The molecule has 0 bridgehead atoms. The Balaban J connectivity index is 2.38. The number of methoxy groups -OCH3 is 1. The van der Waals surface area contributed by atoms with Crippen LogP contribution in [-0.4, -0.2) is 18.6 Å². The van der Waals surface area contributed by atoms with Crippen LogP contribution in [0.1, 0.15) is 36.2 Å². The summed E-state index contributed by atoms with van der Waals surface area (Å²) in [5.41, 5.74) is 3.46. The number of aryl methyl sites for hydroxylation is 1. The molecule has 3 heteroatoms. The Hall–Kier alpha value is -1.87. The number of nitrogens with zero attached hydrogens (tertiary/aromatic N) is 1. The quantitative estimate of drug-likeness (QED) is 0.872. The van der Waals surface area contributed by atoms with Crippen molar-refractivity contribution in [1.82, 2.24) is 10.3 Å². The fourth-order valence-corrected chi connectivity index (χ4v) is 2.28. The smallest absolute Gasteiger partial charge is 0.119 e. The maximum atomic E-state index is 5.33. The van der Waals surface area contributed by atoms with Crippen LogP contribution < -0.4 is 10.1 Å². The first-order valence-corrected chi connectivity index (χ1v) is 7.05. The monoisotopic (exact) mass is 270 g/mol. The molecule has 0 amide bonds. The fraction of sp³-hybridized carbons (Fsp3) is 0.353. The molecule has 3 nitrogen and oxygen atoms in total. The lowest BCUT2D eigenvalue weighted by Crippen LogP contribution is -2.24. The summed E-state index contributed by atoms with van der Waals surface area (Å²) in [4.78, 5) is 4.56. The standard InChI is InChI=1S/C17H22N2O/c1-4-10-18-17(16-13(2)7-6-11-19-16)14-8-5-9-15(12-14)20-3/h5-9,11-12,17-18H,4,10H2,1-3H3. The molecular formula is C17H22N2O. The van der Waals surface area contributed by atoms with E-state index in [0.717, 1.165) is 24.4 Å². The molecule has 0 aliphatic heterocycles. The third-order valence-corrected chi connectivity index (χ3v) is 3.35. The summed E-state index contributed by atoms with van der Waals surface area (Å²) in [6.45, 7) is 5.22. The molecular weight excluding hydrogens is 248 g/mol. The van der Waals surface area contributed by atoms with E-state index in [1.54, 1.807) is 7.11 Å². The maximum Gasteiger partial charge on any atom is 0.119 e. The summed E-state index contributed by atoms with van der Waals surface area (Å²) in [5, 5.41) is 3.58. The summed E-state index contributed by atoms with van der Waals surface area (Å²) in [5.74, 6) is 0.874. The Bertz CT molecular complexity index is 554. The molecule has 0 radical (unpaired) electrons. The van der Waals surface area contributed by atoms with E-state index in [-0.39, 0.29) is 6.04 Å². The van der Waals surface area contributed by atoms with Crippen molar-refractivity contribution < 1.29 is 4.74 Å². The van der Waals surface area contributed by atoms with Crippen LogP contribution in [0.15, 0.2) is 42.6 Å². The van der Waals surface area contributed by atoms with Crippen LogP contribution in [0, 0.1) is 6.92 Å². The number of hydrogen-bond donors (Lipinski definition) is 1. The third-order valence-electron chi connectivity index (χ3n) is 3.35. The van der Waals surface area contributed by atoms with E-state index in [4.69, 9.17) is 4.74 Å². The van der Waals surface area contributed by atoms with Gasteiger partial charge in [-0.15, -0.1) is 0 Å². The van der Waals surface area contributed by atoms with Crippen LogP contribution in [0.25, 0.3) is 0 Å². The molecule has 1 atom stereocenters. The Morgan fingerprint density at radius 3 is 2.80 bits per heavy atom. The number of aromatic nitrogens is 1. The van der Waals surface area contributed by atoms with Crippen LogP contribution in [0.3, 0.4) is 0 Å². The summed E-state index contributed by atoms with van der Waals surface area (Å²) in [7, 11) is 1.69. The van der Waals surface area contributed by atoms with E-state index in [1.807, 2.05) is 24.4 Å². The molecule has 1 unspecified atom stereocenters. The Kier molecular flexibility index (Phi) is 5.13. The number of ether oxygens (including phenoxy) is 1. The van der Waals surface area contributed by atoms with Crippen molar-refractivity contribution in [3.8, 4) is 5.75 Å². The fourth-order valence-electron chi connectivity index (χ4n) is 2.28. The highest BCUT2D eigenvalue weighted by molar-refractivity contribution is 5.36. The highest BCUT2D eigenvalue weighted by atomic mass is 16.5. The minimum atomic E-state index is 0.103. The first-order valence-electron chi connectivity index (χ1n) is 7.05. The van der Waals surface area contributed by atoms with E-state index in [9.17, 15) is 0 Å². The molecule has 20 heavy (non-hydrogen) atoms. The first-order chi connectivity index (χ1) is 9.76. The number of hydrogen-bond acceptors (Lipinski definition) is 3. The van der Waals surface area contributed by atoms with E-state index in [2.05, 4.69) is 42.3 Å². The van der Waals surface area contributed by atoms with Gasteiger partial charge in [0, 0.05) is 6.20 Å². The Morgan fingerprint density at radius 1 is 1.25 bits per heavy atom. The lowest BCUT2D eigenvalue weighted by Gasteiger charge is -2.20. The van der Waals surface area contributed by atoms with E-state index in [1.165, 1.54) is 11.1 Å². The second kappa shape index (κ2) is 7.06. The summed E-state index contributed by atoms with van der Waals surface area (Å²) in [6, 6.07) is 12.3. The Morgan fingerprint density at radius 2 is 2.10 bits per heavy atom. The van der Waals surface area contributed by atoms with Crippen molar-refractivity contribution >= 4 is 0 Å². The molecule has 0 fully saturated rings. The number of pyridine rings is 1. The van der Waals surface area contributed by atoms with Crippen molar-refractivity contribution in [3.63, 3.8) is 0 Å². The lowest BCUT2D eigenvalue weighted by atomic mass is 9.99. The molecule has 2 rings (SSSR count). The van der Waals surface area contributed by atoms with Gasteiger partial charge >= 0.3 is 0 Å². The van der Waals surface area contributed by atoms with Crippen molar-refractivity contribution in [3.05, 3.63) is 59.4 Å². The van der Waals surface area contributed by atoms with Gasteiger partial charge in [-0.2, -0.15) is 0 Å². The lowest BCUT2D eigenvalue weighted by molar-refractivity contribution is 0.413. The minimum absolute atomic E-state index is 0.103. The van der Waals surface area contributed by atoms with Gasteiger partial charge < -0.3 is 10.1 Å². The normalized spacial score (nSPS) is 12.2. The maximum absolute atomic E-state index is 5.33. The van der Waals surface area contributed by atoms with Crippen molar-refractivity contribution in [2.24, 2.45) is 0 Å². The zero-order chi connectivity index (χ0) is 14.4. The largest absolute Gasteiger partial charge is 0.497 e. The molecule has 1 aromatic carbocycles. The topological polar surface area (TPSA) is 34.1 Å². The van der Waals surface area contributed by atoms with Gasteiger partial charge in [0.1, 0.15) is 5.75 Å². The Labute approximate surface area is 121 Å². The predicted molar refractivity (Wildman–Crippen MR) is 82.1 cm³/mol. The van der Waals surface area contributed by atoms with Gasteiger partial charge in [0.15, 0.2) is 0 Å². The van der Waals surface area contributed by atoms with Crippen molar-refractivity contribution in [2.75, 3.05) is 13.7 Å². The molecule has 0 spiro atoms. The molecule has 106 valence electrons. The zero-order valence-electron chi connectivity index (χ0n) is 12.4. The molecule has 1 aromatic heterocycles. The molecule has 1 N–H and O–H groups in total. The highest BCUT2D eigenvalue weighted by Crippen LogP contribution is 2.25. The van der Waals surface area contributed by atoms with E-state index >= 15 is 0 Å². The average molecular weight is 270 g/mol. The van der Waals surface area contributed by atoms with Crippen LogP contribution in [-0.2, 0) is 0 Å². The van der Waals surface area contributed by atoms with Gasteiger partial charge in [0.2, 0.25) is 0 Å². The summed E-state index contributed by atoms with van der Waals surface area (Å²) in [6.07, 6.45) is 2.94. The van der Waals surface area contributed by atoms with Gasteiger partial charge in [-0.1, -0.05) is 25.1 Å². The van der Waals surface area contributed by atoms with Crippen molar-refractivity contribution in [2.45, 2.75) is 26.3 Å². The number of benzene rings is 1. The number of rotatable bonds is 6. The van der Waals surface area contributed by atoms with Crippen LogP contribution >= 0.6 is 0 Å². The summed E-state index contributed by atoms with van der Waals surface area (Å²) >= 11 is 0.